The average Bonchev–Trinajstić information content (AvgIpc) is 2.56. The Labute approximate surface area is 82.9 Å². The summed E-state index contributed by atoms with van der Waals surface area (Å²) in [5.74, 6) is 1.07. The van der Waals surface area contributed by atoms with Crippen molar-refractivity contribution in [1.82, 2.24) is 9.88 Å². The second-order valence-corrected chi connectivity index (χ2v) is 3.67. The number of aryl methyl sites for hydroxylation is 1. The summed E-state index contributed by atoms with van der Waals surface area (Å²) in [5.41, 5.74) is 0.955. The van der Waals surface area contributed by atoms with Crippen LogP contribution in [0.25, 0.3) is 0 Å². The molecule has 0 bridgehead atoms. The molecule has 1 saturated heterocycles. The van der Waals surface area contributed by atoms with Gasteiger partial charge in [-0.1, -0.05) is 0 Å². The summed E-state index contributed by atoms with van der Waals surface area (Å²) in [6.45, 7) is 4.34. The van der Waals surface area contributed by atoms with Crippen LogP contribution in [0.3, 0.4) is 0 Å². The van der Waals surface area contributed by atoms with Crippen LogP contribution in [-0.4, -0.2) is 28.8 Å². The standard InChI is InChI=1S/C10H14N2O2/c1-8-11-9(7-14-8)6-12-4-2-10(13)3-5-12/h7H,2-6H2,1H3. The van der Waals surface area contributed by atoms with Crippen LogP contribution in [0.15, 0.2) is 10.7 Å². The third-order valence-corrected chi connectivity index (χ3v) is 2.47. The molecule has 0 unspecified atom stereocenters. The molecule has 4 nitrogen and oxygen atoms in total. The molecule has 0 aliphatic carbocycles. The number of carbonyl (C=O) groups is 1. The molecule has 0 spiro atoms. The maximum atomic E-state index is 11.0. The molecule has 1 aromatic rings. The normalized spacial score (nSPS) is 18.8. The number of oxazole rings is 1. The van der Waals surface area contributed by atoms with Crippen molar-refractivity contribution in [3.8, 4) is 0 Å². The van der Waals surface area contributed by atoms with Gasteiger partial charge in [0.2, 0.25) is 0 Å². The Kier molecular flexibility index (Phi) is 2.63. The van der Waals surface area contributed by atoms with Crippen LogP contribution in [0.4, 0.5) is 0 Å². The van der Waals surface area contributed by atoms with Crippen LogP contribution in [0.5, 0.6) is 0 Å². The molecular weight excluding hydrogens is 180 g/mol. The van der Waals surface area contributed by atoms with Gasteiger partial charge in [-0.25, -0.2) is 4.98 Å². The zero-order chi connectivity index (χ0) is 9.97. The van der Waals surface area contributed by atoms with Crippen molar-refractivity contribution < 1.29 is 9.21 Å². The number of ketones is 1. The molecule has 4 heteroatoms. The Bertz CT molecular complexity index is 323. The van der Waals surface area contributed by atoms with Crippen LogP contribution < -0.4 is 0 Å². The second kappa shape index (κ2) is 3.92. The summed E-state index contributed by atoms with van der Waals surface area (Å²) < 4.78 is 5.12. The number of Topliss-reactive ketones (excluding diaryl/α,β-unsaturated/α-hetero) is 1. The Balaban J connectivity index is 1.89. The zero-order valence-corrected chi connectivity index (χ0v) is 8.32. The highest BCUT2D eigenvalue weighted by Crippen LogP contribution is 2.10. The van der Waals surface area contributed by atoms with Crippen molar-refractivity contribution in [1.29, 1.82) is 0 Å². The zero-order valence-electron chi connectivity index (χ0n) is 8.32. The molecule has 2 rings (SSSR count). The topological polar surface area (TPSA) is 46.3 Å². The molecule has 0 radical (unpaired) electrons. The van der Waals surface area contributed by atoms with E-state index >= 15 is 0 Å². The van der Waals surface area contributed by atoms with Crippen LogP contribution in [0.2, 0.25) is 0 Å². The minimum absolute atomic E-state index is 0.373. The van der Waals surface area contributed by atoms with Crippen molar-refractivity contribution in [2.24, 2.45) is 0 Å². The number of aromatic nitrogens is 1. The van der Waals surface area contributed by atoms with E-state index in [0.717, 1.165) is 25.3 Å². The first-order valence-corrected chi connectivity index (χ1v) is 4.89. The average molecular weight is 194 g/mol. The first-order chi connectivity index (χ1) is 6.74. The van der Waals surface area contributed by atoms with Crippen molar-refractivity contribution in [2.45, 2.75) is 26.3 Å². The largest absolute Gasteiger partial charge is 0.449 e. The van der Waals surface area contributed by atoms with Crippen molar-refractivity contribution >= 4 is 5.78 Å². The van der Waals surface area contributed by atoms with Gasteiger partial charge in [0.25, 0.3) is 0 Å². The predicted octanol–water partition coefficient (Wildman–Crippen LogP) is 1.15. The Morgan fingerprint density at radius 1 is 1.50 bits per heavy atom. The SMILES string of the molecule is Cc1nc(CN2CCC(=O)CC2)co1. The minimum Gasteiger partial charge on any atom is -0.449 e. The molecule has 1 fully saturated rings. The molecule has 0 atom stereocenters. The van der Waals surface area contributed by atoms with E-state index in [1.807, 2.05) is 6.92 Å². The van der Waals surface area contributed by atoms with Gasteiger partial charge in [-0.15, -0.1) is 0 Å². The van der Waals surface area contributed by atoms with Gasteiger partial charge in [0, 0.05) is 39.4 Å². The number of piperidine rings is 1. The lowest BCUT2D eigenvalue weighted by Gasteiger charge is -2.24. The minimum atomic E-state index is 0.373. The smallest absolute Gasteiger partial charge is 0.191 e. The van der Waals surface area contributed by atoms with Gasteiger partial charge in [-0.05, 0) is 0 Å². The first kappa shape index (κ1) is 9.40. The highest BCUT2D eigenvalue weighted by molar-refractivity contribution is 5.79. The Hall–Kier alpha value is -1.16. The summed E-state index contributed by atoms with van der Waals surface area (Å²) in [6.07, 6.45) is 3.04. The van der Waals surface area contributed by atoms with E-state index in [1.54, 1.807) is 6.26 Å². The fraction of sp³-hybridized carbons (Fsp3) is 0.600. The maximum Gasteiger partial charge on any atom is 0.191 e. The van der Waals surface area contributed by atoms with Crippen molar-refractivity contribution in [3.63, 3.8) is 0 Å². The lowest BCUT2D eigenvalue weighted by Crippen LogP contribution is -2.33. The third kappa shape index (κ3) is 2.20. The van der Waals surface area contributed by atoms with Gasteiger partial charge in [-0.3, -0.25) is 9.69 Å². The number of hydrogen-bond acceptors (Lipinski definition) is 4. The summed E-state index contributed by atoms with van der Waals surface area (Å²) >= 11 is 0. The molecule has 0 N–H and O–H groups in total. The van der Waals surface area contributed by atoms with Gasteiger partial charge < -0.3 is 4.42 Å². The van der Waals surface area contributed by atoms with E-state index in [4.69, 9.17) is 4.42 Å². The molecule has 2 heterocycles. The highest BCUT2D eigenvalue weighted by Gasteiger charge is 2.16. The van der Waals surface area contributed by atoms with Crippen LogP contribution in [0.1, 0.15) is 24.4 Å². The first-order valence-electron chi connectivity index (χ1n) is 4.89. The molecule has 0 amide bonds. The van der Waals surface area contributed by atoms with E-state index in [-0.39, 0.29) is 0 Å². The third-order valence-electron chi connectivity index (χ3n) is 2.47. The van der Waals surface area contributed by atoms with E-state index in [0.29, 0.717) is 24.5 Å². The molecule has 0 saturated carbocycles. The predicted molar refractivity (Wildman–Crippen MR) is 50.8 cm³/mol. The van der Waals surface area contributed by atoms with Crippen LogP contribution in [-0.2, 0) is 11.3 Å². The Morgan fingerprint density at radius 3 is 2.79 bits per heavy atom. The van der Waals surface area contributed by atoms with E-state index < -0.39 is 0 Å². The number of carbonyl (C=O) groups excluding carboxylic acids is 1. The number of rotatable bonds is 2. The molecule has 1 aromatic heterocycles. The monoisotopic (exact) mass is 194 g/mol. The van der Waals surface area contributed by atoms with Gasteiger partial charge in [0.1, 0.15) is 12.0 Å². The molecule has 0 aromatic carbocycles. The van der Waals surface area contributed by atoms with E-state index in [1.165, 1.54) is 0 Å². The molecular formula is C10H14N2O2. The molecule has 76 valence electrons. The summed E-state index contributed by atoms with van der Waals surface area (Å²) in [4.78, 5) is 17.5. The lowest BCUT2D eigenvalue weighted by molar-refractivity contribution is -0.121. The summed E-state index contributed by atoms with van der Waals surface area (Å²) in [5, 5.41) is 0. The molecule has 14 heavy (non-hydrogen) atoms. The quantitative estimate of drug-likeness (QED) is 0.708. The fourth-order valence-corrected chi connectivity index (χ4v) is 1.67. The van der Waals surface area contributed by atoms with Crippen LogP contribution >= 0.6 is 0 Å². The van der Waals surface area contributed by atoms with Crippen molar-refractivity contribution in [3.05, 3.63) is 17.8 Å². The molecule has 1 aliphatic heterocycles. The fourth-order valence-electron chi connectivity index (χ4n) is 1.67. The van der Waals surface area contributed by atoms with Crippen LogP contribution in [0, 0.1) is 6.92 Å². The number of nitrogens with zero attached hydrogens (tertiary/aromatic N) is 2. The van der Waals surface area contributed by atoms with Gasteiger partial charge in [-0.2, -0.15) is 0 Å². The van der Waals surface area contributed by atoms with Gasteiger partial charge >= 0.3 is 0 Å². The van der Waals surface area contributed by atoms with Gasteiger partial charge in [0.05, 0.1) is 5.69 Å². The molecule has 1 aliphatic rings. The van der Waals surface area contributed by atoms with E-state index in [2.05, 4.69) is 9.88 Å². The maximum absolute atomic E-state index is 11.0. The van der Waals surface area contributed by atoms with Crippen molar-refractivity contribution in [2.75, 3.05) is 13.1 Å². The second-order valence-electron chi connectivity index (χ2n) is 3.67. The lowest BCUT2D eigenvalue weighted by atomic mass is 10.1. The van der Waals surface area contributed by atoms with Gasteiger partial charge in [0.15, 0.2) is 5.89 Å². The summed E-state index contributed by atoms with van der Waals surface area (Å²) in [7, 11) is 0. The number of likely N-dealkylation sites (tertiary alicyclic amines) is 1. The summed E-state index contributed by atoms with van der Waals surface area (Å²) in [6, 6.07) is 0. The Morgan fingerprint density at radius 2 is 2.21 bits per heavy atom. The van der Waals surface area contributed by atoms with E-state index in [9.17, 15) is 4.79 Å². The number of hydrogen-bond donors (Lipinski definition) is 0. The highest BCUT2D eigenvalue weighted by atomic mass is 16.3.